The van der Waals surface area contributed by atoms with Crippen molar-refractivity contribution in [3.05, 3.63) is 88.2 Å². The Morgan fingerprint density at radius 2 is 0.784 bits per heavy atom. The summed E-state index contributed by atoms with van der Waals surface area (Å²) in [5.41, 5.74) is 10.9. The molecule has 37 heavy (non-hydrogen) atoms. The van der Waals surface area contributed by atoms with E-state index >= 15 is 0 Å². The second-order valence-electron chi connectivity index (χ2n) is 11.0. The highest BCUT2D eigenvalue weighted by Crippen LogP contribution is 2.36. The van der Waals surface area contributed by atoms with Gasteiger partial charge in [-0.3, -0.25) is 9.98 Å². The fraction of sp³-hybridized carbons (Fsp3) is 0.424. The summed E-state index contributed by atoms with van der Waals surface area (Å²) in [6.07, 6.45) is 0. The van der Waals surface area contributed by atoms with Crippen LogP contribution >= 0.6 is 12.4 Å². The number of benzene rings is 2. The normalized spacial score (nSPS) is 12.6. The molecular weight excluding hydrogens is 474 g/mol. The maximum Gasteiger partial charge on any atom is 0.0849 e. The second kappa shape index (κ2) is 13.1. The van der Waals surface area contributed by atoms with Crippen LogP contribution in [0.3, 0.4) is 0 Å². The molecular formula is C33H44ClN3. The van der Waals surface area contributed by atoms with Gasteiger partial charge in [-0.15, -0.1) is 12.4 Å². The molecule has 0 bridgehead atoms. The van der Waals surface area contributed by atoms with Gasteiger partial charge in [-0.25, -0.2) is 4.98 Å². The summed E-state index contributed by atoms with van der Waals surface area (Å²) in [7, 11) is 0. The van der Waals surface area contributed by atoms with E-state index in [4.69, 9.17) is 15.0 Å². The Morgan fingerprint density at radius 3 is 1.05 bits per heavy atom. The molecule has 0 aliphatic heterocycles. The zero-order chi connectivity index (χ0) is 26.6. The Balaban J connectivity index is 0.00000481. The first kappa shape index (κ1) is 30.4. The van der Waals surface area contributed by atoms with Crippen molar-refractivity contribution >= 4 is 35.2 Å². The van der Waals surface area contributed by atoms with Crippen molar-refractivity contribution in [1.29, 1.82) is 0 Å². The lowest BCUT2D eigenvalue weighted by atomic mass is 9.93. The number of halogens is 1. The molecule has 0 spiro atoms. The van der Waals surface area contributed by atoms with Gasteiger partial charge in [0.15, 0.2) is 0 Å². The van der Waals surface area contributed by atoms with Crippen molar-refractivity contribution in [1.82, 2.24) is 4.98 Å². The van der Waals surface area contributed by atoms with Crippen molar-refractivity contribution in [3.8, 4) is 0 Å². The van der Waals surface area contributed by atoms with E-state index in [-0.39, 0.29) is 12.4 Å². The maximum absolute atomic E-state index is 5.15. The number of aromatic nitrogens is 1. The van der Waals surface area contributed by atoms with Crippen LogP contribution in [0.4, 0.5) is 11.4 Å². The Hall–Kier alpha value is -2.78. The molecule has 0 saturated carbocycles. The van der Waals surface area contributed by atoms with Gasteiger partial charge >= 0.3 is 0 Å². The minimum atomic E-state index is 0. The molecule has 0 fully saturated rings. The van der Waals surface area contributed by atoms with Crippen LogP contribution in [-0.2, 0) is 0 Å². The average molecular weight is 518 g/mol. The molecule has 0 aliphatic carbocycles. The Bertz CT molecular complexity index is 1120. The van der Waals surface area contributed by atoms with Crippen LogP contribution in [-0.4, -0.2) is 16.4 Å². The largest absolute Gasteiger partial charge is 0.251 e. The standard InChI is InChI=1S/C33H43N3.ClH/c1-20(2)26-14-11-15-27(21(3)4)32(26)34-24(9)30-18-13-19-31(36-30)25(10)35-33-28(22(5)6)16-12-17-29(33)23(7)8;/h11-23H,1-10H3;1H. The summed E-state index contributed by atoms with van der Waals surface area (Å²) in [5.74, 6) is 1.61. The monoisotopic (exact) mass is 517 g/mol. The van der Waals surface area contributed by atoms with Gasteiger partial charge in [0.1, 0.15) is 0 Å². The van der Waals surface area contributed by atoms with Gasteiger partial charge in [-0.2, -0.15) is 0 Å². The van der Waals surface area contributed by atoms with Crippen LogP contribution in [0.1, 0.15) is 127 Å². The van der Waals surface area contributed by atoms with Gasteiger partial charge in [-0.05, 0) is 71.9 Å². The highest BCUT2D eigenvalue weighted by molar-refractivity contribution is 6.02. The minimum Gasteiger partial charge on any atom is -0.251 e. The zero-order valence-corrected chi connectivity index (χ0v) is 25.1. The predicted octanol–water partition coefficient (Wildman–Crippen LogP) is 10.3. The van der Waals surface area contributed by atoms with E-state index < -0.39 is 0 Å². The lowest BCUT2D eigenvalue weighted by Gasteiger charge is -2.17. The van der Waals surface area contributed by atoms with Crippen molar-refractivity contribution in [2.75, 3.05) is 0 Å². The molecule has 0 saturated heterocycles. The number of hydrogen-bond acceptors (Lipinski definition) is 3. The van der Waals surface area contributed by atoms with E-state index in [2.05, 4.69) is 112 Å². The molecule has 198 valence electrons. The van der Waals surface area contributed by atoms with Crippen molar-refractivity contribution in [2.24, 2.45) is 9.98 Å². The molecule has 0 amide bonds. The van der Waals surface area contributed by atoms with E-state index in [1.807, 2.05) is 12.1 Å². The number of hydrogen-bond donors (Lipinski definition) is 0. The Kier molecular flexibility index (Phi) is 10.8. The van der Waals surface area contributed by atoms with Crippen molar-refractivity contribution in [2.45, 2.75) is 92.9 Å². The van der Waals surface area contributed by atoms with Gasteiger partial charge in [0, 0.05) is 0 Å². The van der Waals surface area contributed by atoms with Gasteiger partial charge < -0.3 is 0 Å². The first-order chi connectivity index (χ1) is 17.0. The van der Waals surface area contributed by atoms with Crippen LogP contribution in [0.15, 0.2) is 64.6 Å². The van der Waals surface area contributed by atoms with E-state index in [0.717, 1.165) is 34.2 Å². The first-order valence-electron chi connectivity index (χ1n) is 13.3. The zero-order valence-electron chi connectivity index (χ0n) is 24.3. The quantitative estimate of drug-likeness (QED) is 0.274. The van der Waals surface area contributed by atoms with E-state index in [9.17, 15) is 0 Å². The topological polar surface area (TPSA) is 37.6 Å². The number of pyridine rings is 1. The number of aliphatic imine (C=N–C) groups is 2. The third-order valence-electron chi connectivity index (χ3n) is 6.73. The van der Waals surface area contributed by atoms with E-state index in [0.29, 0.717) is 23.7 Å². The van der Waals surface area contributed by atoms with Crippen LogP contribution in [0.25, 0.3) is 0 Å². The summed E-state index contributed by atoms with van der Waals surface area (Å²) in [6, 6.07) is 19.2. The summed E-state index contributed by atoms with van der Waals surface area (Å²) in [4.78, 5) is 15.3. The maximum atomic E-state index is 5.15. The SMILES string of the molecule is CC(=Nc1c(C(C)C)cccc1C(C)C)c1cccc(C(C)=Nc2c(C(C)C)cccc2C(C)C)n1.Cl. The summed E-state index contributed by atoms with van der Waals surface area (Å²) in [5, 5.41) is 0. The van der Waals surface area contributed by atoms with Gasteiger partial charge in [0.2, 0.25) is 0 Å². The molecule has 0 N–H and O–H groups in total. The van der Waals surface area contributed by atoms with Crippen LogP contribution < -0.4 is 0 Å². The molecule has 0 aliphatic rings. The molecule has 0 unspecified atom stereocenters. The van der Waals surface area contributed by atoms with Crippen LogP contribution in [0.5, 0.6) is 0 Å². The van der Waals surface area contributed by atoms with Crippen molar-refractivity contribution < 1.29 is 0 Å². The highest BCUT2D eigenvalue weighted by atomic mass is 35.5. The van der Waals surface area contributed by atoms with Gasteiger partial charge in [0.25, 0.3) is 0 Å². The second-order valence-corrected chi connectivity index (χ2v) is 11.0. The lowest BCUT2D eigenvalue weighted by molar-refractivity contribution is 0.834. The summed E-state index contributed by atoms with van der Waals surface area (Å²) >= 11 is 0. The molecule has 0 atom stereocenters. The smallest absolute Gasteiger partial charge is 0.0849 e. The molecule has 1 heterocycles. The molecule has 3 rings (SSSR count). The third-order valence-corrected chi connectivity index (χ3v) is 6.73. The number of nitrogens with zero attached hydrogens (tertiary/aromatic N) is 3. The van der Waals surface area contributed by atoms with E-state index in [1.165, 1.54) is 22.3 Å². The molecule has 4 heteroatoms. The Morgan fingerprint density at radius 1 is 0.514 bits per heavy atom. The number of para-hydroxylation sites is 2. The van der Waals surface area contributed by atoms with Gasteiger partial charge in [0.05, 0.1) is 34.2 Å². The fourth-order valence-corrected chi connectivity index (χ4v) is 4.57. The van der Waals surface area contributed by atoms with Crippen LogP contribution in [0.2, 0.25) is 0 Å². The molecule has 2 aromatic carbocycles. The number of rotatable bonds is 8. The lowest BCUT2D eigenvalue weighted by Crippen LogP contribution is -2.06. The third kappa shape index (κ3) is 7.17. The summed E-state index contributed by atoms with van der Waals surface area (Å²) in [6.45, 7) is 22.0. The van der Waals surface area contributed by atoms with E-state index in [1.54, 1.807) is 0 Å². The Labute approximate surface area is 231 Å². The average Bonchev–Trinajstić information content (AvgIpc) is 2.83. The first-order valence-corrected chi connectivity index (χ1v) is 13.3. The minimum absolute atomic E-state index is 0. The molecule has 1 aromatic heterocycles. The summed E-state index contributed by atoms with van der Waals surface area (Å²) < 4.78 is 0. The highest BCUT2D eigenvalue weighted by Gasteiger charge is 2.16. The van der Waals surface area contributed by atoms with Crippen LogP contribution in [0, 0.1) is 0 Å². The molecule has 3 nitrogen and oxygen atoms in total. The van der Waals surface area contributed by atoms with Crippen molar-refractivity contribution in [3.63, 3.8) is 0 Å². The molecule has 0 radical (unpaired) electrons. The molecule has 3 aromatic rings. The predicted molar refractivity (Wildman–Crippen MR) is 164 cm³/mol. The van der Waals surface area contributed by atoms with Gasteiger partial charge in [-0.1, -0.05) is 97.9 Å². The fourth-order valence-electron chi connectivity index (χ4n) is 4.57.